The first-order valence-electron chi connectivity index (χ1n) is 6.38. The van der Waals surface area contributed by atoms with Crippen molar-refractivity contribution in [1.82, 2.24) is 9.78 Å². The monoisotopic (exact) mass is 298 g/mol. The van der Waals surface area contributed by atoms with Crippen molar-refractivity contribution in [2.75, 3.05) is 0 Å². The van der Waals surface area contributed by atoms with E-state index in [1.165, 1.54) is 18.2 Å². The number of primary amides is 1. The molecule has 0 spiro atoms. The van der Waals surface area contributed by atoms with Gasteiger partial charge in [-0.3, -0.25) is 0 Å². The molecule has 1 aromatic heterocycles. The first-order valence-corrected chi connectivity index (χ1v) is 6.38. The molecule has 0 saturated carbocycles. The first-order chi connectivity index (χ1) is 10.5. The molecule has 0 aliphatic rings. The van der Waals surface area contributed by atoms with Gasteiger partial charge in [0.15, 0.2) is 0 Å². The summed E-state index contributed by atoms with van der Waals surface area (Å²) < 4.78 is 27.3. The number of amides is 1. The van der Waals surface area contributed by atoms with Gasteiger partial charge in [0, 0.05) is 17.5 Å². The van der Waals surface area contributed by atoms with E-state index >= 15 is 0 Å². The fourth-order valence-corrected chi connectivity index (χ4v) is 2.13. The largest absolute Gasteiger partial charge is 0.350 e. The Hall–Kier alpha value is -3.02. The van der Waals surface area contributed by atoms with Gasteiger partial charge < -0.3 is 5.73 Å². The number of nitrogens with zero attached hydrogens (tertiary/aromatic N) is 2. The smallest absolute Gasteiger partial charge is 0.340 e. The zero-order chi connectivity index (χ0) is 15.7. The number of carbonyl (C=O) groups excluding carboxylic acids is 1. The number of benzene rings is 2. The lowest BCUT2D eigenvalue weighted by Gasteiger charge is -1.95. The molecule has 0 atom stereocenters. The molecule has 1 amide bonds. The maximum atomic E-state index is 13.3. The van der Waals surface area contributed by atoms with E-state index < -0.39 is 11.8 Å². The number of nitrogens with two attached hydrogens (primary N) is 1. The Morgan fingerprint density at radius 2 is 2.09 bits per heavy atom. The molecule has 2 aromatic carbocycles. The third-order valence-corrected chi connectivity index (χ3v) is 3.10. The lowest BCUT2D eigenvalue weighted by Crippen LogP contribution is -2.20. The van der Waals surface area contributed by atoms with Crippen LogP contribution in [0.1, 0.15) is 11.3 Å². The summed E-state index contributed by atoms with van der Waals surface area (Å²) in [5.41, 5.74) is 6.52. The third kappa shape index (κ3) is 2.58. The molecule has 1 radical (unpaired) electrons. The van der Waals surface area contributed by atoms with Crippen molar-refractivity contribution in [3.05, 3.63) is 65.4 Å². The Bertz CT molecular complexity index is 900. The van der Waals surface area contributed by atoms with Gasteiger partial charge in [0.2, 0.25) is 0 Å². The molecule has 109 valence electrons. The summed E-state index contributed by atoms with van der Waals surface area (Å²) in [5, 5.41) is 4.56. The minimum Gasteiger partial charge on any atom is -0.350 e. The topological polar surface area (TPSA) is 60.9 Å². The van der Waals surface area contributed by atoms with Crippen LogP contribution in [0.2, 0.25) is 0 Å². The molecule has 0 fully saturated rings. The van der Waals surface area contributed by atoms with Gasteiger partial charge in [-0.1, -0.05) is 18.2 Å². The average molecular weight is 298 g/mol. The van der Waals surface area contributed by atoms with E-state index in [-0.39, 0.29) is 11.3 Å². The normalized spacial score (nSPS) is 11.4. The van der Waals surface area contributed by atoms with Crippen LogP contribution in [0.3, 0.4) is 0 Å². The highest BCUT2D eigenvalue weighted by Gasteiger charge is 2.12. The van der Waals surface area contributed by atoms with Crippen LogP contribution in [0.15, 0.2) is 36.4 Å². The number of carbonyl (C=O) groups is 1. The van der Waals surface area contributed by atoms with Crippen molar-refractivity contribution in [2.24, 2.45) is 5.73 Å². The van der Waals surface area contributed by atoms with Crippen LogP contribution in [0.25, 0.3) is 23.1 Å². The SMILES string of the molecule is NC(=O)n1nc(/C=C/c2cccc(F)c2)c2c[c]c(F)cc21. The van der Waals surface area contributed by atoms with Crippen molar-refractivity contribution in [3.8, 4) is 0 Å². The second-order valence-corrected chi connectivity index (χ2v) is 4.60. The Balaban J connectivity index is 2.09. The number of fused-ring (bicyclic) bond motifs is 1. The summed E-state index contributed by atoms with van der Waals surface area (Å²) in [5.74, 6) is -0.972. The third-order valence-electron chi connectivity index (χ3n) is 3.10. The Labute approximate surface area is 124 Å². The van der Waals surface area contributed by atoms with Gasteiger partial charge in [0.25, 0.3) is 0 Å². The van der Waals surface area contributed by atoms with E-state index in [0.29, 0.717) is 16.6 Å². The van der Waals surface area contributed by atoms with Gasteiger partial charge in [-0.15, -0.1) is 0 Å². The van der Waals surface area contributed by atoms with E-state index in [1.54, 1.807) is 24.3 Å². The summed E-state index contributed by atoms with van der Waals surface area (Å²) in [6.07, 6.45) is 3.24. The van der Waals surface area contributed by atoms with Gasteiger partial charge in [0.05, 0.1) is 11.2 Å². The van der Waals surface area contributed by atoms with Crippen LogP contribution >= 0.6 is 0 Å². The summed E-state index contributed by atoms with van der Waals surface area (Å²) in [6.45, 7) is 0. The van der Waals surface area contributed by atoms with E-state index in [2.05, 4.69) is 11.2 Å². The van der Waals surface area contributed by atoms with E-state index in [4.69, 9.17) is 5.73 Å². The molecular formula is C16H10F2N3O. The van der Waals surface area contributed by atoms with Crippen LogP contribution in [0, 0.1) is 17.7 Å². The van der Waals surface area contributed by atoms with E-state index in [0.717, 1.165) is 10.7 Å². The van der Waals surface area contributed by atoms with E-state index in [1.807, 2.05) is 0 Å². The molecule has 2 N–H and O–H groups in total. The zero-order valence-corrected chi connectivity index (χ0v) is 11.3. The number of halogens is 2. The number of rotatable bonds is 2. The molecule has 3 aromatic rings. The zero-order valence-electron chi connectivity index (χ0n) is 11.3. The second kappa shape index (κ2) is 5.40. The maximum Gasteiger partial charge on any atom is 0.340 e. The molecule has 1 heterocycles. The quantitative estimate of drug-likeness (QED) is 0.789. The molecule has 22 heavy (non-hydrogen) atoms. The van der Waals surface area contributed by atoms with Crippen molar-refractivity contribution < 1.29 is 13.6 Å². The van der Waals surface area contributed by atoms with Gasteiger partial charge in [0.1, 0.15) is 11.6 Å². The predicted molar refractivity (Wildman–Crippen MR) is 78.8 cm³/mol. The molecule has 0 aliphatic heterocycles. The minimum atomic E-state index is -0.819. The molecule has 0 bridgehead atoms. The van der Waals surface area contributed by atoms with Gasteiger partial charge in [-0.25, -0.2) is 13.6 Å². The molecule has 4 nitrogen and oxygen atoms in total. The number of hydrogen-bond acceptors (Lipinski definition) is 2. The fourth-order valence-electron chi connectivity index (χ4n) is 2.13. The van der Waals surface area contributed by atoms with Crippen molar-refractivity contribution in [1.29, 1.82) is 0 Å². The first kappa shape index (κ1) is 13.9. The molecule has 0 unspecified atom stereocenters. The lowest BCUT2D eigenvalue weighted by atomic mass is 10.1. The molecule has 3 rings (SSSR count). The second-order valence-electron chi connectivity index (χ2n) is 4.60. The molecular weight excluding hydrogens is 288 g/mol. The van der Waals surface area contributed by atoms with E-state index in [9.17, 15) is 13.6 Å². The minimum absolute atomic E-state index is 0.252. The Kier molecular flexibility index (Phi) is 3.42. The van der Waals surface area contributed by atoms with Crippen LogP contribution in [0.5, 0.6) is 0 Å². The highest BCUT2D eigenvalue weighted by molar-refractivity contribution is 5.95. The summed E-state index contributed by atoms with van der Waals surface area (Å²) in [7, 11) is 0. The summed E-state index contributed by atoms with van der Waals surface area (Å²) in [6, 6.07) is 10.1. The van der Waals surface area contributed by atoms with Gasteiger partial charge >= 0.3 is 6.03 Å². The van der Waals surface area contributed by atoms with Crippen LogP contribution < -0.4 is 5.73 Å². The van der Waals surface area contributed by atoms with Crippen LogP contribution in [-0.4, -0.2) is 15.8 Å². The van der Waals surface area contributed by atoms with Gasteiger partial charge in [-0.05, 0) is 29.8 Å². The molecule has 0 saturated heterocycles. The number of hydrogen-bond donors (Lipinski definition) is 1. The van der Waals surface area contributed by atoms with Crippen LogP contribution in [-0.2, 0) is 0 Å². The molecule has 6 heteroatoms. The summed E-state index contributed by atoms with van der Waals surface area (Å²) in [4.78, 5) is 11.4. The van der Waals surface area contributed by atoms with Crippen molar-refractivity contribution >= 4 is 29.1 Å². The highest BCUT2D eigenvalue weighted by atomic mass is 19.1. The van der Waals surface area contributed by atoms with Crippen molar-refractivity contribution in [3.63, 3.8) is 0 Å². The van der Waals surface area contributed by atoms with Gasteiger partial charge in [-0.2, -0.15) is 9.78 Å². The highest BCUT2D eigenvalue weighted by Crippen LogP contribution is 2.21. The average Bonchev–Trinajstić information content (AvgIpc) is 2.83. The Morgan fingerprint density at radius 3 is 2.82 bits per heavy atom. The molecule has 0 aliphatic carbocycles. The van der Waals surface area contributed by atoms with Crippen molar-refractivity contribution in [2.45, 2.75) is 0 Å². The fraction of sp³-hybridized carbons (Fsp3) is 0. The maximum absolute atomic E-state index is 13.3. The number of aromatic nitrogens is 2. The predicted octanol–water partition coefficient (Wildman–Crippen LogP) is 3.21. The standard InChI is InChI=1S/C16H10F2N3O/c17-11-3-1-2-10(8-11)4-7-14-13-6-5-12(18)9-15(13)21(20-14)16(19)22/h1-4,6-9H,(H2,19,22)/b7-4+. The lowest BCUT2D eigenvalue weighted by molar-refractivity contribution is 0.248. The summed E-state index contributed by atoms with van der Waals surface area (Å²) >= 11 is 0. The van der Waals surface area contributed by atoms with Crippen LogP contribution in [0.4, 0.5) is 13.6 Å². The Morgan fingerprint density at radius 1 is 1.27 bits per heavy atom.